The summed E-state index contributed by atoms with van der Waals surface area (Å²) in [5, 5.41) is 8.81. The Labute approximate surface area is 175 Å². The smallest absolute Gasteiger partial charge is 0.211 e. The molecule has 0 bridgehead atoms. The summed E-state index contributed by atoms with van der Waals surface area (Å²) in [4.78, 5) is 0.888. The van der Waals surface area contributed by atoms with Crippen molar-refractivity contribution in [2.75, 3.05) is 0 Å². The molecule has 2 aromatic carbocycles. The molecule has 0 unspecified atom stereocenters. The van der Waals surface area contributed by atoms with Gasteiger partial charge in [0, 0.05) is 33.3 Å². The van der Waals surface area contributed by atoms with Crippen LogP contribution in [0.4, 0.5) is 0 Å². The van der Waals surface area contributed by atoms with Gasteiger partial charge in [0.15, 0.2) is 0 Å². The van der Waals surface area contributed by atoms with Gasteiger partial charge in [0.05, 0.1) is 16.4 Å². The Morgan fingerprint density at radius 2 is 1.78 bits per heavy atom. The predicted octanol–water partition coefficient (Wildman–Crippen LogP) is 5.19. The number of nitrogens with zero attached hydrogens (tertiary/aromatic N) is 4. The number of benzene rings is 2. The van der Waals surface area contributed by atoms with Gasteiger partial charge in [0.1, 0.15) is 0 Å². The van der Waals surface area contributed by atoms with Crippen molar-refractivity contribution in [1.82, 2.24) is 9.13 Å². The molecule has 0 atom stereocenters. The molecule has 0 saturated carbocycles. The predicted molar refractivity (Wildman–Crippen MR) is 122 cm³/mol. The Morgan fingerprint density at radius 1 is 1.04 bits per heavy atom. The van der Waals surface area contributed by atoms with Gasteiger partial charge in [-0.1, -0.05) is 23.5 Å². The van der Waals surface area contributed by atoms with Gasteiger partial charge in [0.2, 0.25) is 4.80 Å². The Kier molecular flexibility index (Phi) is 5.01. The first-order chi connectivity index (χ1) is 13.0. The first kappa shape index (κ1) is 18.2. The maximum Gasteiger partial charge on any atom is 0.211 e. The third kappa shape index (κ3) is 3.51. The Bertz CT molecular complexity index is 1210. The molecule has 6 heteroatoms. The molecule has 4 rings (SSSR count). The van der Waals surface area contributed by atoms with Crippen molar-refractivity contribution in [2.24, 2.45) is 17.3 Å². The second-order valence-electron chi connectivity index (χ2n) is 6.39. The van der Waals surface area contributed by atoms with E-state index in [4.69, 9.17) is 0 Å². The molecule has 4 aromatic rings. The van der Waals surface area contributed by atoms with Crippen LogP contribution in [0, 0.1) is 17.4 Å². The van der Waals surface area contributed by atoms with Crippen molar-refractivity contribution < 1.29 is 0 Å². The molecule has 0 saturated heterocycles. The standard InChI is InChI=1S/C21H19IN4S/c1-14-12-16(15(2)26(14)18-10-8-17(22)9-11-18)13-23-24-21-25(3)19-6-4-5-7-20(19)27-21/h4-13H,1-3H3/b23-13+,24-21+. The van der Waals surface area contributed by atoms with E-state index in [1.807, 2.05) is 25.4 Å². The zero-order valence-electron chi connectivity index (χ0n) is 15.3. The number of aromatic nitrogens is 2. The number of halogens is 1. The highest BCUT2D eigenvalue weighted by Crippen LogP contribution is 2.21. The van der Waals surface area contributed by atoms with Gasteiger partial charge < -0.3 is 9.13 Å². The second kappa shape index (κ2) is 7.44. The number of hydrogen-bond acceptors (Lipinski definition) is 3. The average molecular weight is 486 g/mol. The number of rotatable bonds is 3. The highest BCUT2D eigenvalue weighted by molar-refractivity contribution is 14.1. The van der Waals surface area contributed by atoms with Crippen LogP contribution in [0.25, 0.3) is 15.9 Å². The Hall–Kier alpha value is -2.19. The number of aryl methyl sites for hydroxylation is 2. The van der Waals surface area contributed by atoms with Crippen LogP contribution < -0.4 is 4.80 Å². The summed E-state index contributed by atoms with van der Waals surface area (Å²) in [7, 11) is 2.02. The fourth-order valence-electron chi connectivity index (χ4n) is 3.22. The molecule has 0 aliphatic heterocycles. The normalized spacial score (nSPS) is 12.5. The van der Waals surface area contributed by atoms with Gasteiger partial charge in [-0.15, -0.1) is 5.10 Å². The quantitative estimate of drug-likeness (QED) is 0.217. The minimum Gasteiger partial charge on any atom is -0.318 e. The Balaban J connectivity index is 1.69. The maximum absolute atomic E-state index is 4.44. The van der Waals surface area contributed by atoms with E-state index in [2.05, 4.69) is 98.2 Å². The lowest BCUT2D eigenvalue weighted by molar-refractivity contribution is 0.889. The molecular formula is C21H19IN4S. The fraction of sp³-hybridized carbons (Fsp3) is 0.143. The molecule has 0 aliphatic rings. The van der Waals surface area contributed by atoms with Gasteiger partial charge in [0.25, 0.3) is 0 Å². The molecule has 0 N–H and O–H groups in total. The average Bonchev–Trinajstić information content (AvgIpc) is 3.13. The molecule has 4 nitrogen and oxygen atoms in total. The lowest BCUT2D eigenvalue weighted by Crippen LogP contribution is -2.08. The highest BCUT2D eigenvalue weighted by atomic mass is 127. The number of thiazole rings is 1. The topological polar surface area (TPSA) is 34.6 Å². The summed E-state index contributed by atoms with van der Waals surface area (Å²) >= 11 is 3.97. The van der Waals surface area contributed by atoms with Crippen molar-refractivity contribution in [3.63, 3.8) is 0 Å². The van der Waals surface area contributed by atoms with Gasteiger partial charge in [-0.05, 0) is 78.9 Å². The van der Waals surface area contributed by atoms with E-state index in [0.29, 0.717) is 0 Å². The summed E-state index contributed by atoms with van der Waals surface area (Å²) < 4.78 is 6.77. The molecule has 0 spiro atoms. The highest BCUT2D eigenvalue weighted by Gasteiger charge is 2.09. The monoisotopic (exact) mass is 486 g/mol. The molecule has 2 heterocycles. The molecule has 27 heavy (non-hydrogen) atoms. The minimum atomic E-state index is 0.888. The number of fused-ring (bicyclic) bond motifs is 1. The number of hydrogen-bond donors (Lipinski definition) is 0. The first-order valence-corrected chi connectivity index (χ1v) is 10.5. The summed E-state index contributed by atoms with van der Waals surface area (Å²) in [6.45, 7) is 4.23. The van der Waals surface area contributed by atoms with E-state index < -0.39 is 0 Å². The fourth-order valence-corrected chi connectivity index (χ4v) is 4.56. The van der Waals surface area contributed by atoms with E-state index in [0.717, 1.165) is 21.7 Å². The van der Waals surface area contributed by atoms with Crippen molar-refractivity contribution in [3.8, 4) is 5.69 Å². The van der Waals surface area contributed by atoms with E-state index in [1.54, 1.807) is 11.3 Å². The largest absolute Gasteiger partial charge is 0.318 e. The van der Waals surface area contributed by atoms with Crippen molar-refractivity contribution >= 4 is 50.4 Å². The minimum absolute atomic E-state index is 0.888. The van der Waals surface area contributed by atoms with E-state index >= 15 is 0 Å². The van der Waals surface area contributed by atoms with Crippen LogP contribution in [-0.2, 0) is 7.05 Å². The molecule has 136 valence electrons. The maximum atomic E-state index is 4.44. The van der Waals surface area contributed by atoms with Gasteiger partial charge in [-0.2, -0.15) is 5.10 Å². The summed E-state index contributed by atoms with van der Waals surface area (Å²) in [6, 6.07) is 19.0. The zero-order valence-corrected chi connectivity index (χ0v) is 18.3. The van der Waals surface area contributed by atoms with Crippen molar-refractivity contribution in [1.29, 1.82) is 0 Å². The van der Waals surface area contributed by atoms with Crippen LogP contribution in [0.3, 0.4) is 0 Å². The second-order valence-corrected chi connectivity index (χ2v) is 8.65. The van der Waals surface area contributed by atoms with Crippen LogP contribution in [-0.4, -0.2) is 15.3 Å². The van der Waals surface area contributed by atoms with E-state index in [9.17, 15) is 0 Å². The third-order valence-corrected chi connectivity index (χ3v) is 6.43. The van der Waals surface area contributed by atoms with Crippen LogP contribution in [0.1, 0.15) is 17.0 Å². The summed E-state index contributed by atoms with van der Waals surface area (Å²) in [5.74, 6) is 0. The molecule has 0 amide bonds. The van der Waals surface area contributed by atoms with E-state index in [1.165, 1.54) is 19.5 Å². The third-order valence-electron chi connectivity index (χ3n) is 4.61. The summed E-state index contributed by atoms with van der Waals surface area (Å²) in [6.07, 6.45) is 1.84. The van der Waals surface area contributed by atoms with E-state index in [-0.39, 0.29) is 0 Å². The zero-order chi connectivity index (χ0) is 19.0. The van der Waals surface area contributed by atoms with Crippen LogP contribution in [0.15, 0.2) is 64.8 Å². The van der Waals surface area contributed by atoms with Gasteiger partial charge in [-0.3, -0.25) is 0 Å². The number of para-hydroxylation sites is 1. The summed E-state index contributed by atoms with van der Waals surface area (Å²) in [5.41, 5.74) is 5.76. The van der Waals surface area contributed by atoms with Gasteiger partial charge >= 0.3 is 0 Å². The lowest BCUT2D eigenvalue weighted by atomic mass is 10.2. The molecule has 2 aromatic heterocycles. The molecule has 0 radical (unpaired) electrons. The lowest BCUT2D eigenvalue weighted by Gasteiger charge is -2.09. The van der Waals surface area contributed by atoms with Crippen LogP contribution in [0.5, 0.6) is 0 Å². The van der Waals surface area contributed by atoms with Crippen LogP contribution >= 0.6 is 33.9 Å². The van der Waals surface area contributed by atoms with Crippen molar-refractivity contribution in [3.05, 3.63) is 79.9 Å². The van der Waals surface area contributed by atoms with Gasteiger partial charge in [-0.25, -0.2) is 0 Å². The first-order valence-electron chi connectivity index (χ1n) is 8.61. The molecule has 0 aliphatic carbocycles. The van der Waals surface area contributed by atoms with Crippen molar-refractivity contribution in [2.45, 2.75) is 13.8 Å². The van der Waals surface area contributed by atoms with Crippen LogP contribution in [0.2, 0.25) is 0 Å². The SMILES string of the molecule is Cc1cc(/C=N/N=c2/sc3ccccc3n2C)c(C)n1-c1ccc(I)cc1. The Morgan fingerprint density at radius 3 is 2.52 bits per heavy atom. The molecular weight excluding hydrogens is 467 g/mol. The molecule has 0 fully saturated rings.